The molecular weight excluding hydrogens is 398 g/mol. The van der Waals surface area contributed by atoms with E-state index in [0.29, 0.717) is 23.9 Å². The number of methoxy groups -OCH3 is 2. The van der Waals surface area contributed by atoms with Gasteiger partial charge in [-0.05, 0) is 55.2 Å². The summed E-state index contributed by atoms with van der Waals surface area (Å²) in [6.45, 7) is 2.36. The van der Waals surface area contributed by atoms with Crippen LogP contribution in [0.1, 0.15) is 30.9 Å². The van der Waals surface area contributed by atoms with Gasteiger partial charge in [0.05, 0.1) is 37.8 Å². The maximum absolute atomic E-state index is 12.3. The van der Waals surface area contributed by atoms with Crippen molar-refractivity contribution in [3.63, 3.8) is 0 Å². The Balaban J connectivity index is 1.81. The minimum absolute atomic E-state index is 0.407. The van der Waals surface area contributed by atoms with Crippen molar-refractivity contribution in [2.75, 3.05) is 20.8 Å². The van der Waals surface area contributed by atoms with Crippen molar-refractivity contribution in [3.8, 4) is 5.75 Å². The Labute approximate surface area is 182 Å². The van der Waals surface area contributed by atoms with Gasteiger partial charge in [-0.2, -0.15) is 0 Å². The number of rotatable bonds is 9. The first kappa shape index (κ1) is 22.0. The van der Waals surface area contributed by atoms with E-state index in [9.17, 15) is 4.79 Å². The molecule has 0 saturated heterocycles. The second kappa shape index (κ2) is 10.9. The molecule has 6 heteroatoms. The molecule has 1 aliphatic rings. The van der Waals surface area contributed by atoms with Crippen molar-refractivity contribution in [1.29, 1.82) is 0 Å². The first-order valence-corrected chi connectivity index (χ1v) is 11.0. The van der Waals surface area contributed by atoms with Crippen LogP contribution in [0, 0.1) is 5.92 Å². The Bertz CT molecular complexity index is 917. The van der Waals surface area contributed by atoms with Gasteiger partial charge in [-0.15, -0.1) is 11.8 Å². The minimum atomic E-state index is -0.407. The molecule has 158 valence electrons. The zero-order valence-corrected chi connectivity index (χ0v) is 18.4. The molecule has 1 fully saturated rings. The monoisotopic (exact) mass is 425 g/mol. The fraction of sp³-hybridized carbons (Fsp3) is 0.333. The molecule has 0 N–H and O–H groups in total. The first-order chi connectivity index (χ1) is 14.7. The topological polar surface area (TPSA) is 57.1 Å². The highest BCUT2D eigenvalue weighted by atomic mass is 32.2. The zero-order valence-electron chi connectivity index (χ0n) is 17.6. The van der Waals surface area contributed by atoms with Crippen LogP contribution in [0.2, 0.25) is 0 Å². The molecule has 0 heterocycles. The van der Waals surface area contributed by atoms with Crippen molar-refractivity contribution in [3.05, 3.63) is 65.9 Å². The first-order valence-electron chi connectivity index (χ1n) is 10.00. The number of ether oxygens (including phenoxy) is 3. The van der Waals surface area contributed by atoms with E-state index < -0.39 is 5.97 Å². The van der Waals surface area contributed by atoms with Crippen molar-refractivity contribution in [2.24, 2.45) is 10.9 Å². The van der Waals surface area contributed by atoms with E-state index in [-0.39, 0.29) is 0 Å². The van der Waals surface area contributed by atoms with Crippen molar-refractivity contribution < 1.29 is 19.0 Å². The summed E-state index contributed by atoms with van der Waals surface area (Å²) in [5, 5.41) is 1.13. The van der Waals surface area contributed by atoms with E-state index in [1.807, 2.05) is 55.5 Å². The number of aliphatic imine (C=N–C) groups is 1. The van der Waals surface area contributed by atoms with Crippen molar-refractivity contribution in [2.45, 2.75) is 25.5 Å². The van der Waals surface area contributed by atoms with Gasteiger partial charge in [-0.25, -0.2) is 9.79 Å². The van der Waals surface area contributed by atoms with Crippen LogP contribution in [0.5, 0.6) is 5.75 Å². The summed E-state index contributed by atoms with van der Waals surface area (Å²) in [4.78, 5) is 17.2. The third-order valence-corrected chi connectivity index (χ3v) is 5.87. The molecule has 0 unspecified atom stereocenters. The Morgan fingerprint density at radius 2 is 1.87 bits per heavy atom. The van der Waals surface area contributed by atoms with E-state index in [0.717, 1.165) is 27.6 Å². The molecule has 0 spiro atoms. The van der Waals surface area contributed by atoms with Gasteiger partial charge >= 0.3 is 5.97 Å². The average Bonchev–Trinajstić information content (AvgIpc) is 3.63. The minimum Gasteiger partial charge on any atom is -0.501 e. The van der Waals surface area contributed by atoms with Gasteiger partial charge in [0.15, 0.2) is 0 Å². The van der Waals surface area contributed by atoms with Gasteiger partial charge in [0.1, 0.15) is 11.3 Å². The lowest BCUT2D eigenvalue weighted by atomic mass is 10.0. The quantitative estimate of drug-likeness (QED) is 0.172. The number of hydrogen-bond acceptors (Lipinski definition) is 6. The molecule has 0 bridgehead atoms. The Hall–Kier alpha value is -2.73. The normalized spacial score (nSPS) is 14.4. The molecule has 0 aromatic heterocycles. The largest absolute Gasteiger partial charge is 0.501 e. The average molecular weight is 426 g/mol. The molecule has 1 aliphatic carbocycles. The van der Waals surface area contributed by atoms with Gasteiger partial charge in [0.25, 0.3) is 0 Å². The van der Waals surface area contributed by atoms with Gasteiger partial charge in [-0.3, -0.25) is 0 Å². The summed E-state index contributed by atoms with van der Waals surface area (Å²) in [5.74, 6) is 1.64. The standard InChI is InChI=1S/C24H27NO4S/c1-4-29-15-22(24(26)28-3)21-8-6-5-7-18(21)16-30-23(17-9-10-17)25-19-11-13-20(27-2)14-12-19/h5-8,11-15,17H,4,9-10,16H2,1-3H3. The van der Waals surface area contributed by atoms with Crippen molar-refractivity contribution in [1.82, 2.24) is 0 Å². The second-order valence-corrected chi connectivity index (χ2v) is 7.84. The number of hydrogen-bond donors (Lipinski definition) is 0. The number of carbonyl (C=O) groups is 1. The highest BCUT2D eigenvalue weighted by Gasteiger charge is 2.28. The van der Waals surface area contributed by atoms with Crippen molar-refractivity contribution >= 4 is 34.0 Å². The second-order valence-electron chi connectivity index (χ2n) is 6.85. The summed E-state index contributed by atoms with van der Waals surface area (Å²) < 4.78 is 15.6. The van der Waals surface area contributed by atoms with Gasteiger partial charge < -0.3 is 14.2 Å². The molecule has 0 atom stereocenters. The van der Waals surface area contributed by atoms with Gasteiger partial charge in [0, 0.05) is 11.7 Å². The summed E-state index contributed by atoms with van der Waals surface area (Å²) in [6.07, 6.45) is 3.82. The molecule has 0 radical (unpaired) electrons. The van der Waals surface area contributed by atoms with E-state index in [2.05, 4.69) is 0 Å². The fourth-order valence-electron chi connectivity index (χ4n) is 2.91. The molecular formula is C24H27NO4S. The Morgan fingerprint density at radius 1 is 1.13 bits per heavy atom. The van der Waals surface area contributed by atoms with E-state index in [1.54, 1.807) is 18.9 Å². The SMILES string of the molecule is CCOC=C(C(=O)OC)c1ccccc1CSC(=Nc1ccc(OC)cc1)C1CC1. The summed E-state index contributed by atoms with van der Waals surface area (Å²) in [7, 11) is 3.04. The van der Waals surface area contributed by atoms with Crippen LogP contribution in [0.15, 0.2) is 59.8 Å². The molecule has 0 amide bonds. The number of esters is 1. The third kappa shape index (κ3) is 5.89. The smallest absolute Gasteiger partial charge is 0.341 e. The van der Waals surface area contributed by atoms with Crippen LogP contribution in [0.3, 0.4) is 0 Å². The predicted octanol–water partition coefficient (Wildman–Crippen LogP) is 5.62. The number of thioether (sulfide) groups is 1. The lowest BCUT2D eigenvalue weighted by molar-refractivity contribution is -0.133. The van der Waals surface area contributed by atoms with Crippen LogP contribution in [-0.4, -0.2) is 31.8 Å². The van der Waals surface area contributed by atoms with Crippen LogP contribution >= 0.6 is 11.8 Å². The Kier molecular flexibility index (Phi) is 7.97. The molecule has 1 saturated carbocycles. The summed E-state index contributed by atoms with van der Waals surface area (Å²) in [6, 6.07) is 15.6. The van der Waals surface area contributed by atoms with Crippen LogP contribution in [-0.2, 0) is 20.0 Å². The van der Waals surface area contributed by atoms with E-state index >= 15 is 0 Å². The lowest BCUT2D eigenvalue weighted by Gasteiger charge is -2.12. The Morgan fingerprint density at radius 3 is 2.50 bits per heavy atom. The molecule has 5 nitrogen and oxygen atoms in total. The van der Waals surface area contributed by atoms with E-state index in [1.165, 1.54) is 26.2 Å². The fourth-order valence-corrected chi connectivity index (χ4v) is 4.11. The summed E-state index contributed by atoms with van der Waals surface area (Å²) in [5.41, 5.74) is 3.22. The maximum atomic E-state index is 12.3. The molecule has 0 aliphatic heterocycles. The number of benzene rings is 2. The predicted molar refractivity (Wildman–Crippen MR) is 122 cm³/mol. The van der Waals surface area contributed by atoms with Gasteiger partial charge in [-0.1, -0.05) is 24.3 Å². The summed E-state index contributed by atoms with van der Waals surface area (Å²) >= 11 is 1.72. The highest BCUT2D eigenvalue weighted by molar-refractivity contribution is 8.13. The van der Waals surface area contributed by atoms with Crippen LogP contribution in [0.4, 0.5) is 5.69 Å². The highest BCUT2D eigenvalue weighted by Crippen LogP contribution is 2.38. The van der Waals surface area contributed by atoms with Crippen LogP contribution < -0.4 is 4.74 Å². The van der Waals surface area contributed by atoms with Gasteiger partial charge in [0.2, 0.25) is 0 Å². The number of carbonyl (C=O) groups excluding carboxylic acids is 1. The van der Waals surface area contributed by atoms with Crippen LogP contribution in [0.25, 0.3) is 5.57 Å². The third-order valence-electron chi connectivity index (χ3n) is 4.69. The number of nitrogens with zero attached hydrogens (tertiary/aromatic N) is 1. The molecule has 30 heavy (non-hydrogen) atoms. The zero-order chi connectivity index (χ0) is 21.3. The maximum Gasteiger partial charge on any atom is 0.341 e. The molecule has 2 aromatic carbocycles. The van der Waals surface area contributed by atoms with E-state index in [4.69, 9.17) is 19.2 Å². The lowest BCUT2D eigenvalue weighted by Crippen LogP contribution is -2.07. The molecule has 3 rings (SSSR count). The molecule has 2 aromatic rings.